The maximum absolute atomic E-state index is 8.77. The average Bonchev–Trinajstić information content (AvgIpc) is 2.51. The second-order valence-corrected chi connectivity index (χ2v) is 3.70. The van der Waals surface area contributed by atoms with Gasteiger partial charge < -0.3 is 15.0 Å². The van der Waals surface area contributed by atoms with Crippen LogP contribution >= 0.6 is 0 Å². The van der Waals surface area contributed by atoms with Gasteiger partial charge in [0.1, 0.15) is 5.82 Å². The minimum Gasteiger partial charge on any atom is -0.396 e. The summed E-state index contributed by atoms with van der Waals surface area (Å²) in [6, 6.07) is 0.531. The van der Waals surface area contributed by atoms with Crippen LogP contribution < -0.4 is 5.32 Å². The number of aromatic nitrogens is 2. The van der Waals surface area contributed by atoms with Gasteiger partial charge in [0.2, 0.25) is 0 Å². The van der Waals surface area contributed by atoms with E-state index < -0.39 is 0 Å². The van der Waals surface area contributed by atoms with Crippen molar-refractivity contribution in [2.75, 3.05) is 6.61 Å². The van der Waals surface area contributed by atoms with Gasteiger partial charge in [-0.1, -0.05) is 0 Å². The Kier molecular flexibility index (Phi) is 4.10. The molecule has 0 saturated carbocycles. The number of hydrogen-bond acceptors (Lipinski definition) is 3. The highest BCUT2D eigenvalue weighted by molar-refractivity contribution is 4.97. The van der Waals surface area contributed by atoms with Gasteiger partial charge in [-0.05, 0) is 20.3 Å². The van der Waals surface area contributed by atoms with Crippen molar-refractivity contribution in [3.8, 4) is 0 Å². The van der Waals surface area contributed by atoms with Gasteiger partial charge in [0.25, 0.3) is 0 Å². The summed E-state index contributed by atoms with van der Waals surface area (Å²) in [4.78, 5) is 4.27. The Morgan fingerprint density at radius 3 is 2.79 bits per heavy atom. The molecule has 0 spiro atoms. The zero-order valence-corrected chi connectivity index (χ0v) is 9.07. The summed E-state index contributed by atoms with van der Waals surface area (Å²) in [7, 11) is 1.98. The van der Waals surface area contributed by atoms with Crippen molar-refractivity contribution in [2.45, 2.75) is 32.4 Å². The number of aliphatic hydroxyl groups excluding tert-OH is 1. The molecule has 0 radical (unpaired) electrons. The molecule has 1 rings (SSSR count). The number of rotatable bonds is 5. The molecule has 1 aromatic rings. The second kappa shape index (κ2) is 5.12. The van der Waals surface area contributed by atoms with Crippen molar-refractivity contribution in [2.24, 2.45) is 7.05 Å². The number of imidazole rings is 1. The van der Waals surface area contributed by atoms with Crippen LogP contribution in [-0.2, 0) is 7.05 Å². The summed E-state index contributed by atoms with van der Waals surface area (Å²) in [5, 5.41) is 12.2. The Balaban J connectivity index is 2.50. The number of aliphatic hydroxyl groups is 1. The van der Waals surface area contributed by atoms with Gasteiger partial charge in [-0.15, -0.1) is 0 Å². The lowest BCUT2D eigenvalue weighted by atomic mass is 10.2. The molecule has 0 saturated heterocycles. The molecule has 2 atom stereocenters. The van der Waals surface area contributed by atoms with Gasteiger partial charge in [-0.3, -0.25) is 0 Å². The first kappa shape index (κ1) is 11.2. The lowest BCUT2D eigenvalue weighted by Gasteiger charge is -2.18. The van der Waals surface area contributed by atoms with Crippen molar-refractivity contribution in [1.82, 2.24) is 14.9 Å². The molecular formula is C10H19N3O. The van der Waals surface area contributed by atoms with Gasteiger partial charge in [-0.2, -0.15) is 0 Å². The smallest absolute Gasteiger partial charge is 0.125 e. The summed E-state index contributed by atoms with van der Waals surface area (Å²) in [6.07, 6.45) is 4.50. The fraction of sp³-hybridized carbons (Fsp3) is 0.700. The average molecular weight is 197 g/mol. The summed E-state index contributed by atoms with van der Waals surface area (Å²) in [5.41, 5.74) is 0. The van der Waals surface area contributed by atoms with Crippen LogP contribution in [0.1, 0.15) is 32.1 Å². The van der Waals surface area contributed by atoms with E-state index in [9.17, 15) is 0 Å². The van der Waals surface area contributed by atoms with Crippen LogP contribution in [0, 0.1) is 0 Å². The molecule has 14 heavy (non-hydrogen) atoms. The Morgan fingerprint density at radius 1 is 1.57 bits per heavy atom. The lowest BCUT2D eigenvalue weighted by Crippen LogP contribution is -2.31. The van der Waals surface area contributed by atoms with E-state index in [1.54, 1.807) is 6.20 Å². The van der Waals surface area contributed by atoms with Gasteiger partial charge in [0, 0.05) is 32.1 Å². The zero-order valence-electron chi connectivity index (χ0n) is 9.07. The van der Waals surface area contributed by atoms with E-state index in [0.29, 0.717) is 6.04 Å². The Labute approximate surface area is 85.0 Å². The van der Waals surface area contributed by atoms with Gasteiger partial charge in [0.05, 0.1) is 6.04 Å². The molecule has 2 N–H and O–H groups in total. The highest BCUT2D eigenvalue weighted by atomic mass is 16.3. The SMILES string of the molecule is CC(N[C@H](C)CCO)c1nccn1C. The number of nitrogens with one attached hydrogen (secondary N) is 1. The maximum Gasteiger partial charge on any atom is 0.125 e. The minimum atomic E-state index is 0.219. The van der Waals surface area contributed by atoms with E-state index in [1.807, 2.05) is 17.8 Å². The molecule has 4 heteroatoms. The van der Waals surface area contributed by atoms with E-state index >= 15 is 0 Å². The van der Waals surface area contributed by atoms with E-state index in [0.717, 1.165) is 12.2 Å². The highest BCUT2D eigenvalue weighted by Gasteiger charge is 2.12. The summed E-state index contributed by atoms with van der Waals surface area (Å²) < 4.78 is 2.00. The van der Waals surface area contributed by atoms with E-state index in [4.69, 9.17) is 5.11 Å². The van der Waals surface area contributed by atoms with Gasteiger partial charge in [0.15, 0.2) is 0 Å². The first-order chi connectivity index (χ1) is 6.65. The monoisotopic (exact) mass is 197 g/mol. The Morgan fingerprint density at radius 2 is 2.29 bits per heavy atom. The molecule has 0 aliphatic carbocycles. The van der Waals surface area contributed by atoms with Crippen molar-refractivity contribution in [3.05, 3.63) is 18.2 Å². The van der Waals surface area contributed by atoms with Crippen LogP contribution in [0.25, 0.3) is 0 Å². The molecule has 0 aliphatic heterocycles. The van der Waals surface area contributed by atoms with Crippen molar-refractivity contribution < 1.29 is 5.11 Å². The van der Waals surface area contributed by atoms with Crippen LogP contribution in [0.3, 0.4) is 0 Å². The first-order valence-electron chi connectivity index (χ1n) is 4.99. The van der Waals surface area contributed by atoms with E-state index in [1.165, 1.54) is 0 Å². The van der Waals surface area contributed by atoms with Crippen LogP contribution in [-0.4, -0.2) is 27.3 Å². The van der Waals surface area contributed by atoms with Gasteiger partial charge in [-0.25, -0.2) is 4.98 Å². The highest BCUT2D eigenvalue weighted by Crippen LogP contribution is 2.09. The molecule has 0 aromatic carbocycles. The minimum absolute atomic E-state index is 0.219. The zero-order chi connectivity index (χ0) is 10.6. The third-order valence-electron chi connectivity index (χ3n) is 2.34. The third-order valence-corrected chi connectivity index (χ3v) is 2.34. The number of hydrogen-bond donors (Lipinski definition) is 2. The normalized spacial score (nSPS) is 15.4. The molecule has 1 aromatic heterocycles. The molecule has 0 bridgehead atoms. The lowest BCUT2D eigenvalue weighted by molar-refractivity contribution is 0.263. The molecule has 0 aliphatic rings. The summed E-state index contributed by atoms with van der Waals surface area (Å²) in [6.45, 7) is 4.37. The fourth-order valence-electron chi connectivity index (χ4n) is 1.57. The molecule has 1 unspecified atom stereocenters. The Bertz CT molecular complexity index is 272. The topological polar surface area (TPSA) is 50.1 Å². The first-order valence-corrected chi connectivity index (χ1v) is 4.99. The predicted octanol–water partition coefficient (Wildman–Crippen LogP) is 0.842. The second-order valence-electron chi connectivity index (χ2n) is 3.70. The van der Waals surface area contributed by atoms with E-state index in [-0.39, 0.29) is 12.6 Å². The van der Waals surface area contributed by atoms with Crippen LogP contribution in [0.2, 0.25) is 0 Å². The maximum atomic E-state index is 8.77. The fourth-order valence-corrected chi connectivity index (χ4v) is 1.57. The van der Waals surface area contributed by atoms with Crippen molar-refractivity contribution in [1.29, 1.82) is 0 Å². The third kappa shape index (κ3) is 2.82. The molecule has 0 amide bonds. The number of aryl methyl sites for hydroxylation is 1. The van der Waals surface area contributed by atoms with E-state index in [2.05, 4.69) is 24.1 Å². The van der Waals surface area contributed by atoms with Crippen molar-refractivity contribution >= 4 is 0 Å². The molecule has 1 heterocycles. The molecular weight excluding hydrogens is 178 g/mol. The quantitative estimate of drug-likeness (QED) is 0.735. The Hall–Kier alpha value is -0.870. The van der Waals surface area contributed by atoms with Crippen molar-refractivity contribution in [3.63, 3.8) is 0 Å². The number of nitrogens with zero attached hydrogens (tertiary/aromatic N) is 2. The summed E-state index contributed by atoms with van der Waals surface area (Å²) in [5.74, 6) is 1.02. The molecule has 4 nitrogen and oxygen atoms in total. The molecule has 0 fully saturated rings. The molecule has 80 valence electrons. The van der Waals surface area contributed by atoms with Crippen LogP contribution in [0.5, 0.6) is 0 Å². The largest absolute Gasteiger partial charge is 0.396 e. The summed E-state index contributed by atoms with van der Waals surface area (Å²) >= 11 is 0. The van der Waals surface area contributed by atoms with Crippen LogP contribution in [0.15, 0.2) is 12.4 Å². The predicted molar refractivity (Wildman–Crippen MR) is 55.9 cm³/mol. The van der Waals surface area contributed by atoms with Crippen LogP contribution in [0.4, 0.5) is 0 Å². The van der Waals surface area contributed by atoms with Gasteiger partial charge >= 0.3 is 0 Å². The standard InChI is InChI=1S/C10H19N3O/c1-8(4-7-14)12-9(2)10-11-5-6-13(10)3/h5-6,8-9,12,14H,4,7H2,1-3H3/t8-,9?/m1/s1.